The first-order valence-electron chi connectivity index (χ1n) is 6.26. The van der Waals surface area contributed by atoms with E-state index in [4.69, 9.17) is 21.8 Å². The highest BCUT2D eigenvalue weighted by Crippen LogP contribution is 2.28. The van der Waals surface area contributed by atoms with E-state index in [1.54, 1.807) is 0 Å². The lowest BCUT2D eigenvalue weighted by atomic mass is 9.84. The number of benzene rings is 1. The molecule has 0 bridgehead atoms. The largest absolute Gasteiger partial charge is 0.439 e. The van der Waals surface area contributed by atoms with Crippen LogP contribution >= 0.6 is 11.6 Å². The molecule has 0 aliphatic heterocycles. The van der Waals surface area contributed by atoms with Crippen LogP contribution in [0.4, 0.5) is 0 Å². The molecule has 0 aliphatic rings. The Hall–Kier alpha value is -1.06. The highest BCUT2D eigenvalue weighted by molar-refractivity contribution is 6.34. The van der Waals surface area contributed by atoms with Crippen LogP contribution in [0.25, 0.3) is 11.1 Å². The molecule has 0 saturated heterocycles. The zero-order valence-electron chi connectivity index (χ0n) is 10.9. The number of oxazole rings is 1. The highest BCUT2D eigenvalue weighted by atomic mass is 35.5. The fourth-order valence-corrected chi connectivity index (χ4v) is 2.24. The van der Waals surface area contributed by atoms with Crippen molar-refractivity contribution >= 4 is 22.7 Å². The van der Waals surface area contributed by atoms with Gasteiger partial charge in [-0.05, 0) is 36.9 Å². The zero-order valence-corrected chi connectivity index (χ0v) is 11.6. The molecular formula is C14H19ClN2O. The van der Waals surface area contributed by atoms with Crippen molar-refractivity contribution in [3.05, 3.63) is 29.1 Å². The van der Waals surface area contributed by atoms with Gasteiger partial charge in [-0.25, -0.2) is 4.98 Å². The predicted molar refractivity (Wildman–Crippen MR) is 74.8 cm³/mol. The van der Waals surface area contributed by atoms with Gasteiger partial charge in [0.1, 0.15) is 5.52 Å². The van der Waals surface area contributed by atoms with E-state index in [1.165, 1.54) is 0 Å². The normalized spacial score (nSPS) is 12.2. The van der Waals surface area contributed by atoms with Crippen LogP contribution in [0, 0.1) is 5.41 Å². The quantitative estimate of drug-likeness (QED) is 0.896. The lowest BCUT2D eigenvalue weighted by molar-refractivity contribution is 0.302. The van der Waals surface area contributed by atoms with Crippen molar-refractivity contribution in [3.8, 4) is 0 Å². The van der Waals surface area contributed by atoms with Gasteiger partial charge in [0.05, 0.1) is 5.02 Å². The minimum atomic E-state index is 0.221. The molecule has 0 aliphatic carbocycles. The Labute approximate surface area is 112 Å². The van der Waals surface area contributed by atoms with Crippen molar-refractivity contribution in [2.24, 2.45) is 11.1 Å². The van der Waals surface area contributed by atoms with Crippen LogP contribution in [0.2, 0.25) is 5.02 Å². The molecule has 0 amide bonds. The monoisotopic (exact) mass is 266 g/mol. The summed E-state index contributed by atoms with van der Waals surface area (Å²) in [6.07, 6.45) is 2.83. The molecule has 3 nitrogen and oxygen atoms in total. The van der Waals surface area contributed by atoms with E-state index < -0.39 is 0 Å². The molecule has 18 heavy (non-hydrogen) atoms. The van der Waals surface area contributed by atoms with E-state index in [1.807, 2.05) is 18.2 Å². The lowest BCUT2D eigenvalue weighted by Crippen LogP contribution is -2.17. The third-order valence-electron chi connectivity index (χ3n) is 3.25. The molecule has 0 spiro atoms. The number of nitrogens with two attached hydrogens (primary N) is 1. The van der Waals surface area contributed by atoms with E-state index >= 15 is 0 Å². The van der Waals surface area contributed by atoms with E-state index in [0.29, 0.717) is 17.2 Å². The Bertz CT molecular complexity index is 534. The molecule has 0 radical (unpaired) electrons. The number of rotatable bonds is 5. The summed E-state index contributed by atoms with van der Waals surface area (Å²) in [5.74, 6) is 0.753. The van der Waals surface area contributed by atoms with Gasteiger partial charge in [-0.3, -0.25) is 0 Å². The zero-order chi connectivity index (χ0) is 13.2. The van der Waals surface area contributed by atoms with Gasteiger partial charge >= 0.3 is 0 Å². The van der Waals surface area contributed by atoms with E-state index in [0.717, 1.165) is 30.7 Å². The fraction of sp³-hybridized carbons (Fsp3) is 0.500. The highest BCUT2D eigenvalue weighted by Gasteiger charge is 2.18. The number of hydrogen-bond acceptors (Lipinski definition) is 3. The molecule has 1 aromatic heterocycles. The molecule has 0 fully saturated rings. The average molecular weight is 267 g/mol. The Morgan fingerprint density at radius 3 is 2.78 bits per heavy atom. The van der Waals surface area contributed by atoms with Crippen molar-refractivity contribution in [3.63, 3.8) is 0 Å². The van der Waals surface area contributed by atoms with Crippen molar-refractivity contribution in [1.82, 2.24) is 4.98 Å². The second-order valence-electron chi connectivity index (χ2n) is 5.40. The van der Waals surface area contributed by atoms with Gasteiger partial charge < -0.3 is 10.2 Å². The number of para-hydroxylation sites is 1. The van der Waals surface area contributed by atoms with Crippen LogP contribution in [-0.2, 0) is 6.42 Å². The van der Waals surface area contributed by atoms with Crippen molar-refractivity contribution in [1.29, 1.82) is 0 Å². The van der Waals surface area contributed by atoms with Crippen molar-refractivity contribution in [2.45, 2.75) is 33.1 Å². The average Bonchev–Trinajstić information content (AvgIpc) is 2.71. The summed E-state index contributed by atoms with van der Waals surface area (Å²) in [5.41, 5.74) is 7.34. The number of aryl methyl sites for hydroxylation is 1. The van der Waals surface area contributed by atoms with Gasteiger partial charge in [0, 0.05) is 6.42 Å². The Morgan fingerprint density at radius 1 is 1.33 bits per heavy atom. The summed E-state index contributed by atoms with van der Waals surface area (Å²) in [6.45, 7) is 5.15. The third kappa shape index (κ3) is 3.03. The van der Waals surface area contributed by atoms with Gasteiger partial charge in [-0.2, -0.15) is 0 Å². The molecule has 0 unspecified atom stereocenters. The summed E-state index contributed by atoms with van der Waals surface area (Å²) >= 11 is 6.06. The molecule has 1 heterocycles. The Kier molecular flexibility index (Phi) is 3.93. The first-order chi connectivity index (χ1) is 8.52. The molecule has 4 heteroatoms. The summed E-state index contributed by atoms with van der Waals surface area (Å²) < 4.78 is 5.70. The third-order valence-corrected chi connectivity index (χ3v) is 3.55. The number of aromatic nitrogens is 1. The molecule has 98 valence electrons. The predicted octanol–water partition coefficient (Wildman–Crippen LogP) is 3.79. The van der Waals surface area contributed by atoms with E-state index in [9.17, 15) is 0 Å². The van der Waals surface area contributed by atoms with Crippen LogP contribution in [-0.4, -0.2) is 11.5 Å². The maximum atomic E-state index is 6.06. The standard InChI is InChI=1S/C14H19ClN2O/c1-14(2,8-9-16)7-6-12-17-11-5-3-4-10(15)13(11)18-12/h3-5H,6-9,16H2,1-2H3. The van der Waals surface area contributed by atoms with Crippen molar-refractivity contribution in [2.75, 3.05) is 6.54 Å². The first kappa shape index (κ1) is 13.4. The fourth-order valence-electron chi connectivity index (χ4n) is 2.03. The van der Waals surface area contributed by atoms with Gasteiger partial charge in [0.15, 0.2) is 11.5 Å². The van der Waals surface area contributed by atoms with Crippen LogP contribution in [0.5, 0.6) is 0 Å². The molecule has 0 saturated carbocycles. The summed E-state index contributed by atoms with van der Waals surface area (Å²) in [7, 11) is 0. The Balaban J connectivity index is 2.11. The molecule has 2 rings (SSSR count). The van der Waals surface area contributed by atoms with Crippen LogP contribution < -0.4 is 5.73 Å². The Morgan fingerprint density at radius 2 is 2.11 bits per heavy atom. The summed E-state index contributed by atoms with van der Waals surface area (Å²) in [4.78, 5) is 4.45. The second kappa shape index (κ2) is 5.29. The number of halogens is 1. The molecular weight excluding hydrogens is 248 g/mol. The molecule has 0 atom stereocenters. The van der Waals surface area contributed by atoms with Gasteiger partial charge in [-0.15, -0.1) is 0 Å². The SMILES string of the molecule is CC(C)(CCN)CCc1nc2cccc(Cl)c2o1. The topological polar surface area (TPSA) is 52.0 Å². The van der Waals surface area contributed by atoms with Gasteiger partial charge in [-0.1, -0.05) is 31.5 Å². The summed E-state index contributed by atoms with van der Waals surface area (Å²) in [6, 6.07) is 5.62. The number of nitrogens with zero attached hydrogens (tertiary/aromatic N) is 1. The van der Waals surface area contributed by atoms with Crippen LogP contribution in [0.1, 0.15) is 32.6 Å². The van der Waals surface area contributed by atoms with Gasteiger partial charge in [0.2, 0.25) is 0 Å². The van der Waals surface area contributed by atoms with Crippen molar-refractivity contribution < 1.29 is 4.42 Å². The van der Waals surface area contributed by atoms with E-state index in [-0.39, 0.29) is 5.41 Å². The molecule has 2 aromatic rings. The van der Waals surface area contributed by atoms with Gasteiger partial charge in [0.25, 0.3) is 0 Å². The number of hydrogen-bond donors (Lipinski definition) is 1. The lowest BCUT2D eigenvalue weighted by Gasteiger charge is -2.22. The number of fused-ring (bicyclic) bond motifs is 1. The maximum Gasteiger partial charge on any atom is 0.195 e. The molecule has 2 N–H and O–H groups in total. The first-order valence-corrected chi connectivity index (χ1v) is 6.64. The minimum Gasteiger partial charge on any atom is -0.439 e. The van der Waals surface area contributed by atoms with E-state index in [2.05, 4.69) is 18.8 Å². The molecule has 1 aromatic carbocycles. The smallest absolute Gasteiger partial charge is 0.195 e. The summed E-state index contributed by atoms with van der Waals surface area (Å²) in [5, 5.41) is 0.618. The second-order valence-corrected chi connectivity index (χ2v) is 5.81. The maximum absolute atomic E-state index is 6.06. The van der Waals surface area contributed by atoms with Crippen LogP contribution in [0.15, 0.2) is 22.6 Å². The minimum absolute atomic E-state index is 0.221. The van der Waals surface area contributed by atoms with Crippen LogP contribution in [0.3, 0.4) is 0 Å².